The Bertz CT molecular complexity index is 795. The minimum atomic E-state index is -0.383. The van der Waals surface area contributed by atoms with Crippen LogP contribution in [0.5, 0.6) is 0 Å². The molecule has 100 valence electrons. The van der Waals surface area contributed by atoms with Crippen LogP contribution < -0.4 is 0 Å². The molecule has 0 spiro atoms. The Labute approximate surface area is 114 Å². The molecular formula is C14H12N4O2. The van der Waals surface area contributed by atoms with Crippen molar-refractivity contribution < 1.29 is 4.92 Å². The molecule has 0 saturated heterocycles. The first kappa shape index (κ1) is 12.3. The van der Waals surface area contributed by atoms with Crippen LogP contribution in [0.15, 0.2) is 42.7 Å². The smallest absolute Gasteiger partial charge is 0.258 e. The average Bonchev–Trinajstić information content (AvgIpc) is 2.90. The standard InChI is InChI=1S/C14H12N4O2/c1-2-10-9-16-17-12(7-8-15-14(10)17)11-5-3-4-6-13(11)18(19)20/h3-9H,2H2,1H3. The highest BCUT2D eigenvalue weighted by Crippen LogP contribution is 2.29. The van der Waals surface area contributed by atoms with Gasteiger partial charge in [0, 0.05) is 17.8 Å². The number of aromatic nitrogens is 3. The lowest BCUT2D eigenvalue weighted by molar-refractivity contribution is -0.384. The number of para-hydroxylation sites is 1. The molecule has 6 nitrogen and oxygen atoms in total. The zero-order valence-corrected chi connectivity index (χ0v) is 10.9. The van der Waals surface area contributed by atoms with Crippen LogP contribution >= 0.6 is 0 Å². The molecule has 0 aliphatic rings. The highest BCUT2D eigenvalue weighted by Gasteiger charge is 2.17. The summed E-state index contributed by atoms with van der Waals surface area (Å²) >= 11 is 0. The summed E-state index contributed by atoms with van der Waals surface area (Å²) in [5.74, 6) is 0. The van der Waals surface area contributed by atoms with Crippen LogP contribution in [0.1, 0.15) is 12.5 Å². The summed E-state index contributed by atoms with van der Waals surface area (Å²) in [7, 11) is 0. The fourth-order valence-corrected chi connectivity index (χ4v) is 2.24. The van der Waals surface area contributed by atoms with Gasteiger partial charge in [-0.05, 0) is 18.6 Å². The Hall–Kier alpha value is -2.76. The lowest BCUT2D eigenvalue weighted by atomic mass is 10.1. The number of nitrogens with zero attached hydrogens (tertiary/aromatic N) is 4. The van der Waals surface area contributed by atoms with Crippen molar-refractivity contribution in [2.45, 2.75) is 13.3 Å². The van der Waals surface area contributed by atoms with Crippen LogP contribution in [0.4, 0.5) is 5.69 Å². The molecule has 0 amide bonds. The number of aryl methyl sites for hydroxylation is 1. The maximum Gasteiger partial charge on any atom is 0.278 e. The second kappa shape index (κ2) is 4.73. The second-order valence-corrected chi connectivity index (χ2v) is 4.36. The molecule has 3 rings (SSSR count). The molecule has 2 heterocycles. The highest BCUT2D eigenvalue weighted by atomic mass is 16.6. The van der Waals surface area contributed by atoms with Gasteiger partial charge in [0.1, 0.15) is 0 Å². The van der Waals surface area contributed by atoms with E-state index in [1.807, 2.05) is 6.92 Å². The third-order valence-corrected chi connectivity index (χ3v) is 3.23. The normalized spacial score (nSPS) is 10.8. The van der Waals surface area contributed by atoms with Crippen molar-refractivity contribution in [3.8, 4) is 11.3 Å². The molecule has 0 aliphatic carbocycles. The van der Waals surface area contributed by atoms with Crippen molar-refractivity contribution in [3.63, 3.8) is 0 Å². The molecule has 3 aromatic rings. The van der Waals surface area contributed by atoms with Crippen molar-refractivity contribution in [2.75, 3.05) is 0 Å². The van der Waals surface area contributed by atoms with Crippen LogP contribution in [0.25, 0.3) is 16.9 Å². The minimum absolute atomic E-state index is 0.0635. The van der Waals surface area contributed by atoms with Crippen molar-refractivity contribution in [3.05, 3.63) is 58.4 Å². The van der Waals surface area contributed by atoms with Gasteiger partial charge in [0.25, 0.3) is 5.69 Å². The van der Waals surface area contributed by atoms with E-state index in [0.29, 0.717) is 11.3 Å². The van der Waals surface area contributed by atoms with E-state index in [1.165, 1.54) is 6.07 Å². The molecule has 0 bridgehead atoms. The predicted molar refractivity (Wildman–Crippen MR) is 74.5 cm³/mol. The van der Waals surface area contributed by atoms with Gasteiger partial charge < -0.3 is 0 Å². The molecule has 20 heavy (non-hydrogen) atoms. The first-order chi connectivity index (χ1) is 9.72. The van der Waals surface area contributed by atoms with Gasteiger partial charge in [-0.15, -0.1) is 0 Å². The van der Waals surface area contributed by atoms with Gasteiger partial charge in [0.05, 0.1) is 22.4 Å². The van der Waals surface area contributed by atoms with Crippen LogP contribution in [0.3, 0.4) is 0 Å². The lowest BCUT2D eigenvalue weighted by Crippen LogP contribution is -1.99. The van der Waals surface area contributed by atoms with E-state index in [-0.39, 0.29) is 10.6 Å². The molecule has 6 heteroatoms. The van der Waals surface area contributed by atoms with Crippen molar-refractivity contribution in [2.24, 2.45) is 0 Å². The van der Waals surface area contributed by atoms with Gasteiger partial charge in [0.2, 0.25) is 0 Å². The van der Waals surface area contributed by atoms with E-state index < -0.39 is 0 Å². The Balaban J connectivity index is 2.30. The summed E-state index contributed by atoms with van der Waals surface area (Å²) in [5.41, 5.74) is 3.03. The van der Waals surface area contributed by atoms with Crippen LogP contribution in [-0.2, 0) is 6.42 Å². The summed E-state index contributed by atoms with van der Waals surface area (Å²) in [4.78, 5) is 15.1. The number of benzene rings is 1. The average molecular weight is 268 g/mol. The molecule has 0 aliphatic heterocycles. The summed E-state index contributed by atoms with van der Waals surface area (Å²) in [6.07, 6.45) is 4.22. The van der Waals surface area contributed by atoms with E-state index in [4.69, 9.17) is 0 Å². The molecule has 0 saturated carbocycles. The number of nitro groups is 1. The Morgan fingerprint density at radius 1 is 1.30 bits per heavy atom. The first-order valence-corrected chi connectivity index (χ1v) is 6.27. The van der Waals surface area contributed by atoms with Crippen LogP contribution in [0.2, 0.25) is 0 Å². The van der Waals surface area contributed by atoms with Gasteiger partial charge in [-0.25, -0.2) is 9.50 Å². The minimum Gasteiger partial charge on any atom is -0.258 e. The first-order valence-electron chi connectivity index (χ1n) is 6.27. The van der Waals surface area contributed by atoms with Gasteiger partial charge in [-0.2, -0.15) is 5.10 Å². The van der Waals surface area contributed by atoms with Gasteiger partial charge >= 0.3 is 0 Å². The Kier molecular flexibility index (Phi) is 2.90. The fourth-order valence-electron chi connectivity index (χ4n) is 2.24. The third-order valence-electron chi connectivity index (χ3n) is 3.23. The van der Waals surface area contributed by atoms with E-state index in [1.54, 1.807) is 41.2 Å². The topological polar surface area (TPSA) is 73.3 Å². The van der Waals surface area contributed by atoms with Gasteiger partial charge in [-0.1, -0.05) is 19.1 Å². The van der Waals surface area contributed by atoms with Crippen LogP contribution in [0, 0.1) is 10.1 Å². The molecule has 0 N–H and O–H groups in total. The number of hydrogen-bond acceptors (Lipinski definition) is 4. The number of rotatable bonds is 3. The van der Waals surface area contributed by atoms with Crippen molar-refractivity contribution in [1.29, 1.82) is 0 Å². The van der Waals surface area contributed by atoms with Crippen LogP contribution in [-0.4, -0.2) is 19.5 Å². The summed E-state index contributed by atoms with van der Waals surface area (Å²) in [6, 6.07) is 8.38. The Morgan fingerprint density at radius 3 is 2.85 bits per heavy atom. The maximum atomic E-state index is 11.2. The van der Waals surface area contributed by atoms with E-state index in [2.05, 4.69) is 10.1 Å². The fraction of sp³-hybridized carbons (Fsp3) is 0.143. The van der Waals surface area contributed by atoms with Gasteiger partial charge in [-0.3, -0.25) is 10.1 Å². The van der Waals surface area contributed by atoms with E-state index in [0.717, 1.165) is 17.6 Å². The summed E-state index contributed by atoms with van der Waals surface area (Å²) in [6.45, 7) is 2.02. The van der Waals surface area contributed by atoms with Crippen molar-refractivity contribution >= 4 is 11.3 Å². The third kappa shape index (κ3) is 1.82. The molecule has 0 atom stereocenters. The zero-order valence-electron chi connectivity index (χ0n) is 10.9. The molecule has 0 unspecified atom stereocenters. The van der Waals surface area contributed by atoms with E-state index >= 15 is 0 Å². The van der Waals surface area contributed by atoms with E-state index in [9.17, 15) is 10.1 Å². The number of hydrogen-bond donors (Lipinski definition) is 0. The SMILES string of the molecule is CCc1cnn2c(-c3ccccc3[N+](=O)[O-])ccnc12. The quantitative estimate of drug-likeness (QED) is 0.540. The molecule has 0 fully saturated rings. The van der Waals surface area contributed by atoms with Gasteiger partial charge in [0.15, 0.2) is 5.65 Å². The largest absolute Gasteiger partial charge is 0.278 e. The maximum absolute atomic E-state index is 11.2. The number of nitro benzene ring substituents is 1. The lowest BCUT2D eigenvalue weighted by Gasteiger charge is -2.05. The zero-order chi connectivity index (χ0) is 14.1. The second-order valence-electron chi connectivity index (χ2n) is 4.36. The Morgan fingerprint density at radius 2 is 2.10 bits per heavy atom. The number of fused-ring (bicyclic) bond motifs is 1. The highest BCUT2D eigenvalue weighted by molar-refractivity contribution is 5.72. The molecule has 2 aromatic heterocycles. The predicted octanol–water partition coefficient (Wildman–Crippen LogP) is 2.87. The molecule has 0 radical (unpaired) electrons. The molecule has 1 aromatic carbocycles. The summed E-state index contributed by atoms with van der Waals surface area (Å²) < 4.78 is 1.65. The summed E-state index contributed by atoms with van der Waals surface area (Å²) in [5, 5.41) is 15.5. The van der Waals surface area contributed by atoms with Crippen molar-refractivity contribution in [1.82, 2.24) is 14.6 Å². The monoisotopic (exact) mass is 268 g/mol. The molecular weight excluding hydrogens is 256 g/mol.